The van der Waals surface area contributed by atoms with Crippen molar-refractivity contribution in [3.8, 4) is 5.75 Å². The molecular formula is C11H15Cl2NO. The van der Waals surface area contributed by atoms with Crippen molar-refractivity contribution in [2.75, 3.05) is 20.7 Å². The van der Waals surface area contributed by atoms with Gasteiger partial charge in [-0.1, -0.05) is 17.7 Å². The van der Waals surface area contributed by atoms with E-state index in [1.807, 2.05) is 44.1 Å². The first kappa shape index (κ1) is 12.6. The molecule has 0 aliphatic carbocycles. The second kappa shape index (κ2) is 5.59. The topological polar surface area (TPSA) is 12.5 Å². The summed E-state index contributed by atoms with van der Waals surface area (Å²) < 4.78 is 5.34. The van der Waals surface area contributed by atoms with E-state index in [1.165, 1.54) is 0 Å². The number of hydrogen-bond acceptors (Lipinski definition) is 2. The van der Waals surface area contributed by atoms with Crippen molar-refractivity contribution in [1.29, 1.82) is 0 Å². The molecule has 0 aromatic heterocycles. The predicted octanol–water partition coefficient (Wildman–Crippen LogP) is 3.54. The monoisotopic (exact) mass is 247 g/mol. The Morgan fingerprint density at radius 1 is 1.40 bits per heavy atom. The molecule has 1 atom stereocenters. The van der Waals surface area contributed by atoms with Crippen LogP contribution in [0.3, 0.4) is 0 Å². The van der Waals surface area contributed by atoms with Crippen LogP contribution in [-0.2, 0) is 0 Å². The van der Waals surface area contributed by atoms with Crippen LogP contribution in [0.5, 0.6) is 5.75 Å². The Balaban J connectivity index is 2.90. The van der Waals surface area contributed by atoms with Gasteiger partial charge in [0.25, 0.3) is 0 Å². The number of hydrogen-bond donors (Lipinski definition) is 0. The summed E-state index contributed by atoms with van der Waals surface area (Å²) in [7, 11) is 3.84. The van der Waals surface area contributed by atoms with Crippen molar-refractivity contribution in [2.24, 2.45) is 0 Å². The van der Waals surface area contributed by atoms with E-state index in [-0.39, 0.29) is 5.50 Å². The minimum Gasteiger partial charge on any atom is -0.492 e. The largest absolute Gasteiger partial charge is 0.492 e. The minimum atomic E-state index is -0.168. The van der Waals surface area contributed by atoms with Crippen LogP contribution in [0.2, 0.25) is 5.02 Å². The normalized spacial score (nSPS) is 12.9. The third-order valence-corrected chi connectivity index (χ3v) is 2.92. The average molecular weight is 248 g/mol. The van der Waals surface area contributed by atoms with Crippen molar-refractivity contribution in [3.05, 3.63) is 28.8 Å². The first-order valence-corrected chi connectivity index (χ1v) is 5.60. The lowest BCUT2D eigenvalue weighted by Gasteiger charge is -2.18. The number of halogens is 2. The maximum absolute atomic E-state index is 6.17. The van der Waals surface area contributed by atoms with Crippen LogP contribution in [0.15, 0.2) is 18.2 Å². The fourth-order valence-electron chi connectivity index (χ4n) is 1.24. The van der Waals surface area contributed by atoms with Crippen LogP contribution in [0, 0.1) is 0 Å². The number of ether oxygens (including phenoxy) is 1. The standard InChI is InChI=1S/C11H15Cl2NO/c1-4-15-10-6-5-8(7-9(10)12)11(13)14(2)3/h5-7,11H,4H2,1-3H3. The van der Waals surface area contributed by atoms with E-state index in [2.05, 4.69) is 0 Å². The summed E-state index contributed by atoms with van der Waals surface area (Å²) in [5.74, 6) is 0.700. The molecule has 0 radical (unpaired) electrons. The molecule has 4 heteroatoms. The predicted molar refractivity (Wildman–Crippen MR) is 64.9 cm³/mol. The van der Waals surface area contributed by atoms with Gasteiger partial charge < -0.3 is 4.74 Å². The summed E-state index contributed by atoms with van der Waals surface area (Å²) in [5.41, 5.74) is 0.799. The minimum absolute atomic E-state index is 0.168. The van der Waals surface area contributed by atoms with Crippen LogP contribution in [0.25, 0.3) is 0 Å². The Morgan fingerprint density at radius 3 is 2.53 bits per heavy atom. The zero-order chi connectivity index (χ0) is 11.4. The maximum Gasteiger partial charge on any atom is 0.137 e. The van der Waals surface area contributed by atoms with Gasteiger partial charge in [0.05, 0.1) is 11.6 Å². The van der Waals surface area contributed by atoms with Gasteiger partial charge in [-0.25, -0.2) is 0 Å². The zero-order valence-corrected chi connectivity index (χ0v) is 10.6. The maximum atomic E-state index is 6.17. The lowest BCUT2D eigenvalue weighted by molar-refractivity contribution is 0.339. The van der Waals surface area contributed by atoms with Crippen molar-refractivity contribution in [2.45, 2.75) is 12.4 Å². The third kappa shape index (κ3) is 3.26. The zero-order valence-electron chi connectivity index (χ0n) is 9.13. The second-order valence-corrected chi connectivity index (χ2v) is 4.24. The Labute approximate surface area is 101 Å². The first-order chi connectivity index (χ1) is 7.06. The van der Waals surface area contributed by atoms with Crippen molar-refractivity contribution in [1.82, 2.24) is 4.90 Å². The highest BCUT2D eigenvalue weighted by Crippen LogP contribution is 2.30. The van der Waals surface area contributed by atoms with Crippen LogP contribution in [0.4, 0.5) is 0 Å². The van der Waals surface area contributed by atoms with Crippen LogP contribution < -0.4 is 4.74 Å². The van der Waals surface area contributed by atoms with E-state index < -0.39 is 0 Å². The van der Waals surface area contributed by atoms with Gasteiger partial charge in [-0.2, -0.15) is 0 Å². The van der Waals surface area contributed by atoms with Crippen molar-refractivity contribution >= 4 is 23.2 Å². The van der Waals surface area contributed by atoms with E-state index in [9.17, 15) is 0 Å². The third-order valence-electron chi connectivity index (χ3n) is 1.98. The van der Waals surface area contributed by atoms with Gasteiger partial charge in [-0.15, -0.1) is 11.6 Å². The van der Waals surface area contributed by atoms with Gasteiger partial charge >= 0.3 is 0 Å². The average Bonchev–Trinajstić information content (AvgIpc) is 2.20. The van der Waals surface area contributed by atoms with Crippen molar-refractivity contribution < 1.29 is 4.74 Å². The van der Waals surface area contributed by atoms with Gasteiger partial charge in [0.2, 0.25) is 0 Å². The summed E-state index contributed by atoms with van der Waals surface area (Å²) in [6, 6.07) is 5.61. The van der Waals surface area contributed by atoms with Gasteiger partial charge in [0.15, 0.2) is 0 Å². The Morgan fingerprint density at radius 2 is 2.07 bits per heavy atom. The Hall–Kier alpha value is -0.440. The quantitative estimate of drug-likeness (QED) is 0.597. The Kier molecular flexibility index (Phi) is 4.71. The number of benzene rings is 1. The van der Waals surface area contributed by atoms with Crippen molar-refractivity contribution in [3.63, 3.8) is 0 Å². The molecule has 0 saturated heterocycles. The molecular weight excluding hydrogens is 233 g/mol. The van der Waals surface area contributed by atoms with E-state index in [4.69, 9.17) is 27.9 Å². The SMILES string of the molecule is CCOc1ccc(C(Cl)N(C)C)cc1Cl. The molecule has 0 heterocycles. The molecule has 0 spiro atoms. The molecule has 0 fully saturated rings. The van der Waals surface area contributed by atoms with Crippen LogP contribution in [0.1, 0.15) is 18.0 Å². The van der Waals surface area contributed by atoms with Gasteiger partial charge in [-0.05, 0) is 38.7 Å². The summed E-state index contributed by atoms with van der Waals surface area (Å²) in [4.78, 5) is 1.91. The molecule has 1 rings (SSSR count). The molecule has 0 aliphatic rings. The van der Waals surface area contributed by atoms with E-state index in [0.29, 0.717) is 17.4 Å². The highest BCUT2D eigenvalue weighted by atomic mass is 35.5. The molecule has 1 aromatic carbocycles. The molecule has 2 nitrogen and oxygen atoms in total. The highest BCUT2D eigenvalue weighted by Gasteiger charge is 2.12. The molecule has 0 aliphatic heterocycles. The molecule has 15 heavy (non-hydrogen) atoms. The van der Waals surface area contributed by atoms with Crippen LogP contribution >= 0.6 is 23.2 Å². The number of rotatable bonds is 4. The summed E-state index contributed by atoms with van der Waals surface area (Å²) in [5, 5.41) is 0.599. The molecule has 1 aromatic rings. The summed E-state index contributed by atoms with van der Waals surface area (Å²) in [6.07, 6.45) is 0. The smallest absolute Gasteiger partial charge is 0.137 e. The van der Waals surface area contributed by atoms with E-state index in [1.54, 1.807) is 0 Å². The summed E-state index contributed by atoms with van der Waals surface area (Å²) >= 11 is 12.2. The number of nitrogens with zero attached hydrogens (tertiary/aromatic N) is 1. The lowest BCUT2D eigenvalue weighted by Crippen LogP contribution is -2.14. The first-order valence-electron chi connectivity index (χ1n) is 4.79. The molecule has 0 bridgehead atoms. The van der Waals surface area contributed by atoms with Gasteiger partial charge in [0.1, 0.15) is 11.3 Å². The highest BCUT2D eigenvalue weighted by molar-refractivity contribution is 6.32. The fraction of sp³-hybridized carbons (Fsp3) is 0.455. The van der Waals surface area contributed by atoms with Crippen LogP contribution in [-0.4, -0.2) is 25.6 Å². The van der Waals surface area contributed by atoms with E-state index >= 15 is 0 Å². The molecule has 84 valence electrons. The molecule has 1 unspecified atom stereocenters. The summed E-state index contributed by atoms with van der Waals surface area (Å²) in [6.45, 7) is 2.53. The molecule has 0 amide bonds. The van der Waals surface area contributed by atoms with Gasteiger partial charge in [0, 0.05) is 0 Å². The lowest BCUT2D eigenvalue weighted by atomic mass is 10.2. The fourth-order valence-corrected chi connectivity index (χ4v) is 1.62. The Bertz CT molecular complexity index is 328. The second-order valence-electron chi connectivity index (χ2n) is 3.42. The molecule has 0 N–H and O–H groups in total. The van der Waals surface area contributed by atoms with E-state index in [0.717, 1.165) is 5.56 Å². The molecule has 0 saturated carbocycles. The van der Waals surface area contributed by atoms with Gasteiger partial charge in [-0.3, -0.25) is 4.90 Å². The number of alkyl halides is 1.